The van der Waals surface area contributed by atoms with Crippen molar-refractivity contribution in [1.82, 2.24) is 14.7 Å². The summed E-state index contributed by atoms with van der Waals surface area (Å²) in [6.45, 7) is 5.70. The fourth-order valence-electron chi connectivity index (χ4n) is 3.50. The molecule has 0 atom stereocenters. The molecule has 0 N–H and O–H groups in total. The SMILES string of the molecule is O=C(CCN1CCN(C(=O)c2ccc(Cl)cc2)CC1)N1CCCCC1. The summed E-state index contributed by atoms with van der Waals surface area (Å²) in [5, 5.41) is 0.639. The lowest BCUT2D eigenvalue weighted by atomic mass is 10.1. The van der Waals surface area contributed by atoms with Gasteiger partial charge in [-0.05, 0) is 43.5 Å². The van der Waals surface area contributed by atoms with Crippen molar-refractivity contribution in [2.75, 3.05) is 45.8 Å². The maximum absolute atomic E-state index is 12.5. The first-order valence-corrected chi connectivity index (χ1v) is 9.56. The molecule has 2 fully saturated rings. The van der Waals surface area contributed by atoms with Gasteiger partial charge >= 0.3 is 0 Å². The van der Waals surface area contributed by atoms with E-state index < -0.39 is 0 Å². The fraction of sp³-hybridized carbons (Fsp3) is 0.579. The van der Waals surface area contributed by atoms with Gasteiger partial charge in [-0.2, -0.15) is 0 Å². The summed E-state index contributed by atoms with van der Waals surface area (Å²) in [4.78, 5) is 30.9. The van der Waals surface area contributed by atoms with Gasteiger partial charge in [-0.3, -0.25) is 14.5 Å². The molecule has 0 aliphatic carbocycles. The number of halogens is 1. The van der Waals surface area contributed by atoms with Crippen LogP contribution in [0.25, 0.3) is 0 Å². The highest BCUT2D eigenvalue weighted by molar-refractivity contribution is 6.30. The highest BCUT2D eigenvalue weighted by Crippen LogP contribution is 2.14. The number of carbonyl (C=O) groups excluding carboxylic acids is 2. The summed E-state index contributed by atoms with van der Waals surface area (Å²) >= 11 is 5.88. The summed E-state index contributed by atoms with van der Waals surface area (Å²) in [5.74, 6) is 0.333. The van der Waals surface area contributed by atoms with Crippen LogP contribution in [0.15, 0.2) is 24.3 Å². The molecule has 136 valence electrons. The van der Waals surface area contributed by atoms with Gasteiger partial charge in [-0.25, -0.2) is 0 Å². The monoisotopic (exact) mass is 363 g/mol. The van der Waals surface area contributed by atoms with E-state index in [1.165, 1.54) is 6.42 Å². The number of rotatable bonds is 4. The Morgan fingerprint density at radius 1 is 0.840 bits per heavy atom. The lowest BCUT2D eigenvalue weighted by Crippen LogP contribution is -2.49. The maximum Gasteiger partial charge on any atom is 0.253 e. The van der Waals surface area contributed by atoms with Crippen LogP contribution in [0.1, 0.15) is 36.0 Å². The number of piperidine rings is 1. The van der Waals surface area contributed by atoms with Gasteiger partial charge in [0.05, 0.1) is 0 Å². The van der Waals surface area contributed by atoms with Crippen molar-refractivity contribution in [3.8, 4) is 0 Å². The molecule has 5 nitrogen and oxygen atoms in total. The number of piperazine rings is 1. The number of hydrogen-bond acceptors (Lipinski definition) is 3. The quantitative estimate of drug-likeness (QED) is 0.825. The number of carbonyl (C=O) groups is 2. The number of likely N-dealkylation sites (tertiary alicyclic amines) is 1. The van der Waals surface area contributed by atoms with Crippen molar-refractivity contribution in [2.45, 2.75) is 25.7 Å². The average molecular weight is 364 g/mol. The van der Waals surface area contributed by atoms with Crippen LogP contribution >= 0.6 is 11.6 Å². The van der Waals surface area contributed by atoms with E-state index in [1.807, 2.05) is 9.80 Å². The van der Waals surface area contributed by atoms with Crippen LogP contribution in [0.2, 0.25) is 5.02 Å². The fourth-order valence-corrected chi connectivity index (χ4v) is 3.63. The molecule has 2 aliphatic heterocycles. The summed E-state index contributed by atoms with van der Waals surface area (Å²) in [6, 6.07) is 7.04. The molecule has 1 aromatic carbocycles. The third-order valence-corrected chi connectivity index (χ3v) is 5.35. The number of nitrogens with zero attached hydrogens (tertiary/aromatic N) is 3. The van der Waals surface area contributed by atoms with Gasteiger partial charge < -0.3 is 9.80 Å². The molecule has 0 aromatic heterocycles. The van der Waals surface area contributed by atoms with Crippen molar-refractivity contribution in [2.24, 2.45) is 0 Å². The Morgan fingerprint density at radius 2 is 1.48 bits per heavy atom. The van der Waals surface area contributed by atoms with Crippen LogP contribution in [0.3, 0.4) is 0 Å². The van der Waals surface area contributed by atoms with E-state index in [9.17, 15) is 9.59 Å². The van der Waals surface area contributed by atoms with Crippen LogP contribution in [0.5, 0.6) is 0 Å². The predicted molar refractivity (Wildman–Crippen MR) is 98.8 cm³/mol. The van der Waals surface area contributed by atoms with Gasteiger partial charge in [0.15, 0.2) is 0 Å². The van der Waals surface area contributed by atoms with E-state index in [1.54, 1.807) is 24.3 Å². The molecule has 0 unspecified atom stereocenters. The van der Waals surface area contributed by atoms with Gasteiger partial charge in [-0.1, -0.05) is 11.6 Å². The Hall–Kier alpha value is -1.59. The van der Waals surface area contributed by atoms with Crippen molar-refractivity contribution < 1.29 is 9.59 Å². The highest BCUT2D eigenvalue weighted by Gasteiger charge is 2.23. The van der Waals surface area contributed by atoms with Gasteiger partial charge in [0, 0.05) is 62.8 Å². The summed E-state index contributed by atoms with van der Waals surface area (Å²) < 4.78 is 0. The number of benzene rings is 1. The summed E-state index contributed by atoms with van der Waals surface area (Å²) in [7, 11) is 0. The smallest absolute Gasteiger partial charge is 0.253 e. The minimum Gasteiger partial charge on any atom is -0.343 e. The normalized spacial score (nSPS) is 19.1. The number of amides is 2. The van der Waals surface area contributed by atoms with E-state index in [2.05, 4.69) is 4.90 Å². The van der Waals surface area contributed by atoms with Crippen LogP contribution in [0.4, 0.5) is 0 Å². The molecular formula is C19H26ClN3O2. The molecule has 3 rings (SSSR count). The van der Waals surface area contributed by atoms with Crippen LogP contribution < -0.4 is 0 Å². The largest absolute Gasteiger partial charge is 0.343 e. The molecular weight excluding hydrogens is 338 g/mol. The second-order valence-corrected chi connectivity index (χ2v) is 7.27. The van der Waals surface area contributed by atoms with E-state index >= 15 is 0 Å². The molecule has 1 aromatic rings. The lowest BCUT2D eigenvalue weighted by molar-refractivity contribution is -0.132. The lowest BCUT2D eigenvalue weighted by Gasteiger charge is -2.35. The second-order valence-electron chi connectivity index (χ2n) is 6.83. The minimum atomic E-state index is 0.0562. The Morgan fingerprint density at radius 3 is 2.12 bits per heavy atom. The zero-order valence-corrected chi connectivity index (χ0v) is 15.4. The van der Waals surface area contributed by atoms with Gasteiger partial charge in [0.2, 0.25) is 5.91 Å². The molecule has 2 aliphatic rings. The second kappa shape index (κ2) is 8.68. The number of hydrogen-bond donors (Lipinski definition) is 0. The topological polar surface area (TPSA) is 43.9 Å². The Kier molecular flexibility index (Phi) is 6.32. The Balaban J connectivity index is 1.41. The molecule has 2 saturated heterocycles. The van der Waals surface area contributed by atoms with E-state index in [-0.39, 0.29) is 11.8 Å². The molecule has 0 bridgehead atoms. The van der Waals surface area contributed by atoms with Crippen molar-refractivity contribution in [3.63, 3.8) is 0 Å². The summed E-state index contributed by atoms with van der Waals surface area (Å²) in [6.07, 6.45) is 4.10. The molecule has 6 heteroatoms. The first-order valence-electron chi connectivity index (χ1n) is 9.18. The van der Waals surface area contributed by atoms with E-state index in [0.717, 1.165) is 45.6 Å². The van der Waals surface area contributed by atoms with Gasteiger partial charge in [0.1, 0.15) is 0 Å². The molecule has 2 heterocycles. The zero-order chi connectivity index (χ0) is 17.6. The Labute approximate surface area is 154 Å². The van der Waals surface area contributed by atoms with Crippen molar-refractivity contribution >= 4 is 23.4 Å². The molecule has 2 amide bonds. The first kappa shape index (κ1) is 18.2. The van der Waals surface area contributed by atoms with Crippen LogP contribution in [0, 0.1) is 0 Å². The van der Waals surface area contributed by atoms with Gasteiger partial charge in [-0.15, -0.1) is 0 Å². The zero-order valence-electron chi connectivity index (χ0n) is 14.6. The maximum atomic E-state index is 12.5. The van der Waals surface area contributed by atoms with E-state index in [0.29, 0.717) is 30.1 Å². The molecule has 25 heavy (non-hydrogen) atoms. The first-order chi connectivity index (χ1) is 12.1. The average Bonchev–Trinajstić information content (AvgIpc) is 2.67. The highest BCUT2D eigenvalue weighted by atomic mass is 35.5. The Bertz CT molecular complexity index is 591. The van der Waals surface area contributed by atoms with E-state index in [4.69, 9.17) is 11.6 Å². The summed E-state index contributed by atoms with van der Waals surface area (Å²) in [5.41, 5.74) is 0.679. The van der Waals surface area contributed by atoms with Crippen LogP contribution in [-0.4, -0.2) is 72.3 Å². The van der Waals surface area contributed by atoms with Crippen LogP contribution in [-0.2, 0) is 4.79 Å². The van der Waals surface area contributed by atoms with Crippen molar-refractivity contribution in [3.05, 3.63) is 34.9 Å². The third-order valence-electron chi connectivity index (χ3n) is 5.10. The van der Waals surface area contributed by atoms with Crippen molar-refractivity contribution in [1.29, 1.82) is 0 Å². The third kappa shape index (κ3) is 4.95. The molecule has 0 radical (unpaired) electrons. The molecule has 0 saturated carbocycles. The standard InChI is InChI=1S/C19H26ClN3O2/c20-17-6-4-16(5-7-17)19(25)23-14-12-21(13-15-23)11-8-18(24)22-9-2-1-3-10-22/h4-7H,1-3,8-15H2. The molecule has 0 spiro atoms. The predicted octanol–water partition coefficient (Wildman–Crippen LogP) is 2.50. The minimum absolute atomic E-state index is 0.0562. The van der Waals surface area contributed by atoms with Gasteiger partial charge in [0.25, 0.3) is 5.91 Å².